The van der Waals surface area contributed by atoms with Gasteiger partial charge in [0, 0.05) is 17.6 Å². The van der Waals surface area contributed by atoms with Gasteiger partial charge in [-0.15, -0.1) is 0 Å². The second kappa shape index (κ2) is 8.79. The summed E-state index contributed by atoms with van der Waals surface area (Å²) in [6.45, 7) is 1.46. The van der Waals surface area contributed by atoms with Crippen LogP contribution in [0.2, 0.25) is 0 Å². The molecule has 0 aliphatic carbocycles. The average molecular weight is 474 g/mol. The van der Waals surface area contributed by atoms with Crippen LogP contribution in [0.5, 0.6) is 5.75 Å². The number of carbonyl (C=O) groups excluding carboxylic acids is 1. The number of rotatable bonds is 5. The Balaban J connectivity index is 1.56. The van der Waals surface area contributed by atoms with Crippen molar-refractivity contribution < 1.29 is 9.90 Å². The Labute approximate surface area is 181 Å². The minimum absolute atomic E-state index is 0.0806. The number of piperidine rings is 1. The van der Waals surface area contributed by atoms with Gasteiger partial charge in [-0.3, -0.25) is 4.79 Å². The van der Waals surface area contributed by atoms with Crippen LogP contribution < -0.4 is 10.6 Å². The van der Waals surface area contributed by atoms with Crippen LogP contribution in [0.25, 0.3) is 0 Å². The molecule has 2 aromatic carbocycles. The molecule has 1 aliphatic rings. The summed E-state index contributed by atoms with van der Waals surface area (Å²) in [6.07, 6.45) is 3.14. The van der Waals surface area contributed by atoms with Crippen LogP contribution in [0, 0.1) is 0 Å². The summed E-state index contributed by atoms with van der Waals surface area (Å²) in [6, 6.07) is 12.8. The quantitative estimate of drug-likeness (QED) is 0.445. The molecule has 0 saturated carbocycles. The van der Waals surface area contributed by atoms with E-state index in [1.165, 1.54) is 0 Å². The lowest BCUT2D eigenvalue weighted by Crippen LogP contribution is -2.35. The Kier molecular flexibility index (Phi) is 5.96. The summed E-state index contributed by atoms with van der Waals surface area (Å²) < 4.78 is 9.47. The number of benzene rings is 2. The third-order valence-electron chi connectivity index (χ3n) is 4.78. The lowest BCUT2D eigenvalue weighted by Gasteiger charge is -2.27. The molecule has 0 spiro atoms. The number of nitrogens with one attached hydrogen (secondary N) is 2. The predicted octanol–water partition coefficient (Wildman–Crippen LogP) is 5.12. The van der Waals surface area contributed by atoms with E-state index in [0.29, 0.717) is 22.9 Å². The molecule has 150 valence electrons. The van der Waals surface area contributed by atoms with Gasteiger partial charge in [-0.25, -0.2) is 0 Å². The van der Waals surface area contributed by atoms with Crippen LogP contribution >= 0.6 is 27.7 Å². The molecule has 1 fully saturated rings. The standard InChI is InChI=1S/C20H20BrN5O2S/c21-14-8-2-3-9-15(14)22-18-19(25-29-24-18)23-16-10-6-7-13(17(16)27)20(28)26-11-4-1-5-12-26/h2-3,6-10,27H,1,4-5,11-12H2,(H,22,24)(H,23,25). The minimum atomic E-state index is -0.145. The van der Waals surface area contributed by atoms with E-state index in [2.05, 4.69) is 35.3 Å². The van der Waals surface area contributed by atoms with Gasteiger partial charge in [0.2, 0.25) is 0 Å². The number of aromatic hydroxyl groups is 1. The molecular formula is C20H20BrN5O2S. The number of phenolic OH excluding ortho intramolecular Hbond substituents is 1. The molecule has 3 aromatic rings. The Bertz CT molecular complexity index is 1020. The number of phenols is 1. The SMILES string of the molecule is O=C(c1cccc(Nc2nsnc2Nc2ccccc2Br)c1O)N1CCCCC1. The van der Waals surface area contributed by atoms with Crippen molar-refractivity contribution in [2.45, 2.75) is 19.3 Å². The zero-order valence-corrected chi connectivity index (χ0v) is 18.0. The van der Waals surface area contributed by atoms with E-state index in [1.54, 1.807) is 23.1 Å². The fourth-order valence-electron chi connectivity index (χ4n) is 3.25. The molecule has 0 radical (unpaired) electrons. The molecule has 7 nitrogen and oxygen atoms in total. The molecule has 0 unspecified atom stereocenters. The van der Waals surface area contributed by atoms with E-state index in [9.17, 15) is 9.90 Å². The molecule has 1 saturated heterocycles. The van der Waals surface area contributed by atoms with Crippen molar-refractivity contribution in [1.29, 1.82) is 0 Å². The van der Waals surface area contributed by atoms with Crippen molar-refractivity contribution in [3.63, 3.8) is 0 Å². The van der Waals surface area contributed by atoms with Crippen molar-refractivity contribution in [1.82, 2.24) is 13.6 Å². The van der Waals surface area contributed by atoms with Gasteiger partial charge >= 0.3 is 0 Å². The van der Waals surface area contributed by atoms with E-state index in [0.717, 1.165) is 54.2 Å². The highest BCUT2D eigenvalue weighted by Gasteiger charge is 2.22. The summed E-state index contributed by atoms with van der Waals surface area (Å²) in [5, 5.41) is 17.0. The maximum Gasteiger partial charge on any atom is 0.257 e. The number of carbonyl (C=O) groups is 1. The monoisotopic (exact) mass is 473 g/mol. The largest absolute Gasteiger partial charge is 0.505 e. The maximum absolute atomic E-state index is 12.8. The van der Waals surface area contributed by atoms with Gasteiger partial charge in [-0.05, 0) is 59.5 Å². The van der Waals surface area contributed by atoms with Crippen LogP contribution in [0.15, 0.2) is 46.9 Å². The molecule has 0 bridgehead atoms. The van der Waals surface area contributed by atoms with Crippen LogP contribution in [0.1, 0.15) is 29.6 Å². The van der Waals surface area contributed by atoms with Gasteiger partial charge in [0.1, 0.15) is 0 Å². The topological polar surface area (TPSA) is 90.4 Å². The number of hydrogen-bond donors (Lipinski definition) is 3. The highest BCUT2D eigenvalue weighted by molar-refractivity contribution is 9.10. The van der Waals surface area contributed by atoms with Crippen LogP contribution in [-0.2, 0) is 0 Å². The number of nitrogens with zero attached hydrogens (tertiary/aromatic N) is 3. The normalized spacial score (nSPS) is 13.9. The molecule has 29 heavy (non-hydrogen) atoms. The van der Waals surface area contributed by atoms with Crippen LogP contribution in [0.3, 0.4) is 0 Å². The minimum Gasteiger partial charge on any atom is -0.505 e. The number of anilines is 4. The highest BCUT2D eigenvalue weighted by atomic mass is 79.9. The fourth-order valence-corrected chi connectivity index (χ4v) is 4.11. The summed E-state index contributed by atoms with van der Waals surface area (Å²) in [5.74, 6) is 0.786. The summed E-state index contributed by atoms with van der Waals surface area (Å²) in [7, 11) is 0. The first kappa shape index (κ1) is 19.7. The van der Waals surface area contributed by atoms with Gasteiger partial charge in [-0.1, -0.05) is 18.2 Å². The van der Waals surface area contributed by atoms with Crippen molar-refractivity contribution in [3.8, 4) is 5.75 Å². The number of hydrogen-bond acceptors (Lipinski definition) is 7. The van der Waals surface area contributed by atoms with Gasteiger partial charge in [-0.2, -0.15) is 8.75 Å². The Morgan fingerprint density at radius 3 is 2.34 bits per heavy atom. The zero-order valence-electron chi connectivity index (χ0n) is 15.6. The molecule has 3 N–H and O–H groups in total. The Morgan fingerprint density at radius 2 is 1.62 bits per heavy atom. The van der Waals surface area contributed by atoms with Gasteiger partial charge in [0.15, 0.2) is 17.4 Å². The van der Waals surface area contributed by atoms with Crippen molar-refractivity contribution >= 4 is 56.6 Å². The molecule has 2 heterocycles. The predicted molar refractivity (Wildman–Crippen MR) is 118 cm³/mol. The Hall–Kier alpha value is -2.65. The van der Waals surface area contributed by atoms with Crippen LogP contribution in [-0.4, -0.2) is 37.8 Å². The third-order valence-corrected chi connectivity index (χ3v) is 6.00. The Morgan fingerprint density at radius 1 is 0.966 bits per heavy atom. The lowest BCUT2D eigenvalue weighted by atomic mass is 10.1. The number of amides is 1. The first-order valence-corrected chi connectivity index (χ1v) is 10.9. The summed E-state index contributed by atoms with van der Waals surface area (Å²) in [4.78, 5) is 14.6. The van der Waals surface area contributed by atoms with E-state index < -0.39 is 0 Å². The van der Waals surface area contributed by atoms with E-state index in [1.807, 2.05) is 24.3 Å². The molecule has 0 atom stereocenters. The summed E-state index contributed by atoms with van der Waals surface area (Å²) in [5.41, 5.74) is 1.55. The van der Waals surface area contributed by atoms with E-state index >= 15 is 0 Å². The number of halogens is 1. The second-order valence-corrected chi connectivity index (χ2v) is 8.13. The van der Waals surface area contributed by atoms with Crippen LogP contribution in [0.4, 0.5) is 23.0 Å². The highest BCUT2D eigenvalue weighted by Crippen LogP contribution is 2.35. The number of para-hydroxylation sites is 2. The fraction of sp³-hybridized carbons (Fsp3) is 0.250. The van der Waals surface area contributed by atoms with Gasteiger partial charge in [0.25, 0.3) is 5.91 Å². The first-order valence-electron chi connectivity index (χ1n) is 9.36. The lowest BCUT2D eigenvalue weighted by molar-refractivity contribution is 0.0721. The van der Waals surface area contributed by atoms with Crippen molar-refractivity contribution in [3.05, 3.63) is 52.5 Å². The molecule has 9 heteroatoms. The molecule has 1 aliphatic heterocycles. The van der Waals surface area contributed by atoms with Gasteiger partial charge in [0.05, 0.1) is 28.7 Å². The van der Waals surface area contributed by atoms with E-state index in [-0.39, 0.29) is 11.7 Å². The first-order chi connectivity index (χ1) is 14.1. The molecule has 4 rings (SSSR count). The average Bonchev–Trinajstić information content (AvgIpc) is 3.18. The maximum atomic E-state index is 12.8. The van der Waals surface area contributed by atoms with E-state index in [4.69, 9.17) is 0 Å². The number of likely N-dealkylation sites (tertiary alicyclic amines) is 1. The second-order valence-electron chi connectivity index (χ2n) is 6.75. The smallest absolute Gasteiger partial charge is 0.257 e. The third kappa shape index (κ3) is 4.35. The van der Waals surface area contributed by atoms with Crippen molar-refractivity contribution in [2.75, 3.05) is 23.7 Å². The molecular weight excluding hydrogens is 454 g/mol. The van der Waals surface area contributed by atoms with Gasteiger partial charge < -0.3 is 20.6 Å². The molecule has 1 amide bonds. The zero-order chi connectivity index (χ0) is 20.2. The summed E-state index contributed by atoms with van der Waals surface area (Å²) >= 11 is 4.55. The number of aromatic nitrogens is 2. The van der Waals surface area contributed by atoms with Crippen molar-refractivity contribution in [2.24, 2.45) is 0 Å². The molecule has 1 aromatic heterocycles.